The Morgan fingerprint density at radius 2 is 2.26 bits per heavy atom. The van der Waals surface area contributed by atoms with E-state index in [-0.39, 0.29) is 17.3 Å². The molecule has 0 aromatic carbocycles. The molecule has 1 amide bonds. The molecule has 1 aliphatic rings. The Kier molecular flexibility index (Phi) is 5.97. The predicted molar refractivity (Wildman–Crippen MR) is 88.8 cm³/mol. The fraction of sp³-hybridized carbons (Fsp3) is 0.667. The highest BCUT2D eigenvalue weighted by Gasteiger charge is 2.28. The smallest absolute Gasteiger partial charge is 0.410 e. The summed E-state index contributed by atoms with van der Waals surface area (Å²) < 4.78 is 17.8. The highest BCUT2D eigenvalue weighted by Crippen LogP contribution is 2.21. The first-order chi connectivity index (χ1) is 10.7. The van der Waals surface area contributed by atoms with E-state index in [2.05, 4.69) is 9.97 Å². The molecule has 8 heteroatoms. The van der Waals surface area contributed by atoms with Crippen LogP contribution in [0.2, 0.25) is 5.28 Å². The Labute approximate surface area is 144 Å². The molecule has 0 aliphatic carbocycles. The summed E-state index contributed by atoms with van der Waals surface area (Å²) >= 11 is 5.73. The van der Waals surface area contributed by atoms with E-state index in [0.29, 0.717) is 23.9 Å². The standard InChI is InChI=1S/C15H22ClN3O3S/c1-15(2,3)22-14(20)19-8-4-5-11(9-19)10-23(21)12-6-7-17-13(16)18-12/h6-7,11H,4-5,8-10H2,1-3H3/t11-,23+/m0/s1. The molecule has 1 saturated heterocycles. The van der Waals surface area contributed by atoms with Crippen molar-refractivity contribution >= 4 is 28.5 Å². The number of halogens is 1. The second kappa shape index (κ2) is 7.57. The molecule has 128 valence electrons. The average Bonchev–Trinajstić information content (AvgIpc) is 2.45. The van der Waals surface area contributed by atoms with E-state index in [1.807, 2.05) is 20.8 Å². The lowest BCUT2D eigenvalue weighted by Gasteiger charge is -2.33. The summed E-state index contributed by atoms with van der Waals surface area (Å²) in [4.78, 5) is 21.6. The van der Waals surface area contributed by atoms with Crippen molar-refractivity contribution in [3.63, 3.8) is 0 Å². The quantitative estimate of drug-likeness (QED) is 0.613. The fourth-order valence-corrected chi connectivity index (χ4v) is 3.91. The lowest BCUT2D eigenvalue weighted by atomic mass is 10.0. The van der Waals surface area contributed by atoms with Crippen LogP contribution in [0.25, 0.3) is 0 Å². The van der Waals surface area contributed by atoms with Crippen molar-refractivity contribution in [2.24, 2.45) is 5.92 Å². The number of carbonyl (C=O) groups excluding carboxylic acids is 1. The zero-order chi connectivity index (χ0) is 17.0. The molecular weight excluding hydrogens is 338 g/mol. The summed E-state index contributed by atoms with van der Waals surface area (Å²) in [6.45, 7) is 6.78. The maximum atomic E-state index is 12.4. The van der Waals surface area contributed by atoms with Crippen molar-refractivity contribution < 1.29 is 13.7 Å². The van der Waals surface area contributed by atoms with Gasteiger partial charge in [0.2, 0.25) is 5.28 Å². The fourth-order valence-electron chi connectivity index (χ4n) is 2.44. The van der Waals surface area contributed by atoms with E-state index in [4.69, 9.17) is 16.3 Å². The molecule has 0 spiro atoms. The number of aromatic nitrogens is 2. The molecule has 1 fully saturated rings. The lowest BCUT2D eigenvalue weighted by molar-refractivity contribution is 0.0176. The second-order valence-corrected chi connectivity index (χ2v) is 8.39. The number of likely N-dealkylation sites (tertiary alicyclic amines) is 1. The molecule has 1 aliphatic heterocycles. The third kappa shape index (κ3) is 5.73. The highest BCUT2D eigenvalue weighted by atomic mass is 35.5. The van der Waals surface area contributed by atoms with Gasteiger partial charge in [-0.1, -0.05) is 0 Å². The van der Waals surface area contributed by atoms with Crippen LogP contribution in [0.5, 0.6) is 0 Å². The van der Waals surface area contributed by atoms with Gasteiger partial charge in [-0.25, -0.2) is 14.8 Å². The van der Waals surface area contributed by atoms with Crippen molar-refractivity contribution in [2.75, 3.05) is 18.8 Å². The van der Waals surface area contributed by atoms with E-state index in [0.717, 1.165) is 12.8 Å². The van der Waals surface area contributed by atoms with Gasteiger partial charge in [0, 0.05) is 25.0 Å². The van der Waals surface area contributed by atoms with Gasteiger partial charge >= 0.3 is 6.09 Å². The first kappa shape index (κ1) is 18.1. The molecular formula is C15H22ClN3O3S. The Bertz CT molecular complexity index is 592. The SMILES string of the molecule is CC(C)(C)OC(=O)N1CCC[C@H](C[S@@](=O)c2ccnc(Cl)n2)C1. The van der Waals surface area contributed by atoms with Gasteiger partial charge in [0.1, 0.15) is 10.6 Å². The largest absolute Gasteiger partial charge is 0.444 e. The summed E-state index contributed by atoms with van der Waals surface area (Å²) in [5.41, 5.74) is -0.509. The van der Waals surface area contributed by atoms with Gasteiger partial charge < -0.3 is 9.64 Å². The van der Waals surface area contributed by atoms with Crippen molar-refractivity contribution in [2.45, 2.75) is 44.2 Å². The first-order valence-corrected chi connectivity index (χ1v) is 9.29. The van der Waals surface area contributed by atoms with Gasteiger partial charge in [0.15, 0.2) is 0 Å². The summed E-state index contributed by atoms with van der Waals surface area (Å²) in [5.74, 6) is 0.609. The van der Waals surface area contributed by atoms with Crippen LogP contribution >= 0.6 is 11.6 Å². The van der Waals surface area contributed by atoms with Gasteiger partial charge in [-0.3, -0.25) is 4.21 Å². The van der Waals surface area contributed by atoms with Gasteiger partial charge in [0.25, 0.3) is 0 Å². The molecule has 0 N–H and O–H groups in total. The zero-order valence-corrected chi connectivity index (χ0v) is 15.2. The minimum atomic E-state index is -1.25. The Hall–Kier alpha value is -1.21. The van der Waals surface area contributed by atoms with E-state index < -0.39 is 16.4 Å². The van der Waals surface area contributed by atoms with Crippen molar-refractivity contribution in [3.8, 4) is 0 Å². The van der Waals surface area contributed by atoms with Crippen LogP contribution in [0.1, 0.15) is 33.6 Å². The Morgan fingerprint density at radius 3 is 2.91 bits per heavy atom. The first-order valence-electron chi connectivity index (χ1n) is 7.59. The molecule has 23 heavy (non-hydrogen) atoms. The van der Waals surface area contributed by atoms with Crippen LogP contribution in [-0.4, -0.2) is 49.6 Å². The number of piperidine rings is 1. The van der Waals surface area contributed by atoms with Crippen LogP contribution in [0.15, 0.2) is 17.3 Å². The van der Waals surface area contributed by atoms with E-state index in [9.17, 15) is 9.00 Å². The van der Waals surface area contributed by atoms with Gasteiger partial charge in [-0.05, 0) is 57.2 Å². The van der Waals surface area contributed by atoms with Crippen molar-refractivity contribution in [1.29, 1.82) is 0 Å². The monoisotopic (exact) mass is 359 g/mol. The highest BCUT2D eigenvalue weighted by molar-refractivity contribution is 7.84. The number of carbonyl (C=O) groups is 1. The number of hydrogen-bond acceptors (Lipinski definition) is 5. The van der Waals surface area contributed by atoms with Crippen LogP contribution in [0, 0.1) is 5.92 Å². The molecule has 2 rings (SSSR count). The molecule has 0 saturated carbocycles. The zero-order valence-electron chi connectivity index (χ0n) is 13.6. The molecule has 6 nitrogen and oxygen atoms in total. The van der Waals surface area contributed by atoms with Gasteiger partial charge in [-0.15, -0.1) is 0 Å². The average molecular weight is 360 g/mol. The summed E-state index contributed by atoms with van der Waals surface area (Å²) in [6, 6.07) is 1.61. The molecule has 0 bridgehead atoms. The summed E-state index contributed by atoms with van der Waals surface area (Å²) in [6.07, 6.45) is 3.00. The third-order valence-electron chi connectivity index (χ3n) is 3.39. The van der Waals surface area contributed by atoms with E-state index in [1.165, 1.54) is 6.20 Å². The maximum Gasteiger partial charge on any atom is 0.410 e. The molecule has 2 atom stereocenters. The van der Waals surface area contributed by atoms with Gasteiger partial charge in [-0.2, -0.15) is 0 Å². The summed E-state index contributed by atoms with van der Waals surface area (Å²) in [7, 11) is -1.25. The van der Waals surface area contributed by atoms with E-state index in [1.54, 1.807) is 11.0 Å². The third-order valence-corrected chi connectivity index (χ3v) is 5.04. The number of ether oxygens (including phenoxy) is 1. The van der Waals surface area contributed by atoms with Crippen LogP contribution < -0.4 is 0 Å². The second-order valence-electron chi connectivity index (χ2n) is 6.61. The van der Waals surface area contributed by atoms with Crippen LogP contribution in [0.3, 0.4) is 0 Å². The number of nitrogens with zero attached hydrogens (tertiary/aromatic N) is 3. The lowest BCUT2D eigenvalue weighted by Crippen LogP contribution is -2.44. The predicted octanol–water partition coefficient (Wildman–Crippen LogP) is 2.88. The Morgan fingerprint density at radius 1 is 1.52 bits per heavy atom. The number of amides is 1. The number of rotatable bonds is 3. The molecule has 2 heterocycles. The van der Waals surface area contributed by atoms with Crippen LogP contribution in [-0.2, 0) is 15.5 Å². The van der Waals surface area contributed by atoms with Crippen molar-refractivity contribution in [1.82, 2.24) is 14.9 Å². The normalized spacial score (nSPS) is 20.2. The summed E-state index contributed by atoms with van der Waals surface area (Å²) in [5, 5.41) is 0.522. The minimum absolute atomic E-state index is 0.0925. The molecule has 0 radical (unpaired) electrons. The Balaban J connectivity index is 1.93. The molecule has 1 aromatic rings. The minimum Gasteiger partial charge on any atom is -0.444 e. The molecule has 0 unspecified atom stereocenters. The van der Waals surface area contributed by atoms with E-state index >= 15 is 0 Å². The number of hydrogen-bond donors (Lipinski definition) is 0. The van der Waals surface area contributed by atoms with Crippen LogP contribution in [0.4, 0.5) is 4.79 Å². The van der Waals surface area contributed by atoms with Crippen molar-refractivity contribution in [3.05, 3.63) is 17.5 Å². The van der Waals surface area contributed by atoms with Gasteiger partial charge in [0.05, 0.1) is 10.8 Å². The molecule has 1 aromatic heterocycles. The topological polar surface area (TPSA) is 72.4 Å². The maximum absolute atomic E-state index is 12.4.